The Morgan fingerprint density at radius 2 is 2.29 bits per heavy atom. The molecule has 0 aromatic carbocycles. The molecular weight excluding hydrogens is 216 g/mol. The standard InChI is InChI=1S/C12H16N4O/c1-9-10(8-16(2)15-9)7-14-11-4-5-13-12(6-11)17-3/h4-6,8H,7H2,1-3H3,(H,13,14). The number of hydrogen-bond donors (Lipinski definition) is 1. The lowest BCUT2D eigenvalue weighted by Gasteiger charge is -2.06. The summed E-state index contributed by atoms with van der Waals surface area (Å²) in [5.41, 5.74) is 3.21. The van der Waals surface area contributed by atoms with Crippen LogP contribution in [0.2, 0.25) is 0 Å². The lowest BCUT2D eigenvalue weighted by molar-refractivity contribution is 0.398. The summed E-state index contributed by atoms with van der Waals surface area (Å²) in [5, 5.41) is 7.61. The van der Waals surface area contributed by atoms with E-state index in [1.807, 2.05) is 37.0 Å². The number of anilines is 1. The number of hydrogen-bond acceptors (Lipinski definition) is 4. The lowest BCUT2D eigenvalue weighted by Crippen LogP contribution is -2.00. The van der Waals surface area contributed by atoms with Gasteiger partial charge in [-0.2, -0.15) is 5.10 Å². The second-order valence-corrected chi connectivity index (χ2v) is 3.85. The highest BCUT2D eigenvalue weighted by molar-refractivity contribution is 5.45. The maximum absolute atomic E-state index is 5.07. The van der Waals surface area contributed by atoms with Crippen molar-refractivity contribution in [2.45, 2.75) is 13.5 Å². The Bertz CT molecular complexity index is 507. The molecular formula is C12H16N4O. The molecule has 2 aromatic rings. The fraction of sp³-hybridized carbons (Fsp3) is 0.333. The number of nitrogens with one attached hydrogen (secondary N) is 1. The minimum absolute atomic E-state index is 0.609. The van der Waals surface area contributed by atoms with E-state index in [4.69, 9.17) is 4.74 Å². The van der Waals surface area contributed by atoms with Crippen LogP contribution >= 0.6 is 0 Å². The Morgan fingerprint density at radius 3 is 2.94 bits per heavy atom. The molecule has 0 spiro atoms. The molecule has 2 aromatic heterocycles. The van der Waals surface area contributed by atoms with Gasteiger partial charge in [-0.15, -0.1) is 0 Å². The molecule has 0 aliphatic carbocycles. The zero-order valence-electron chi connectivity index (χ0n) is 10.3. The van der Waals surface area contributed by atoms with E-state index in [0.717, 1.165) is 17.9 Å². The maximum Gasteiger partial charge on any atom is 0.214 e. The summed E-state index contributed by atoms with van der Waals surface area (Å²) < 4.78 is 6.89. The van der Waals surface area contributed by atoms with Crippen LogP contribution in [0.5, 0.6) is 5.88 Å². The molecule has 0 unspecified atom stereocenters. The van der Waals surface area contributed by atoms with Crippen molar-refractivity contribution >= 4 is 5.69 Å². The molecule has 0 saturated heterocycles. The number of ether oxygens (including phenoxy) is 1. The molecule has 0 saturated carbocycles. The zero-order valence-corrected chi connectivity index (χ0v) is 10.3. The molecule has 0 amide bonds. The number of rotatable bonds is 4. The number of methoxy groups -OCH3 is 1. The quantitative estimate of drug-likeness (QED) is 0.872. The van der Waals surface area contributed by atoms with Crippen LogP contribution in [0.25, 0.3) is 0 Å². The van der Waals surface area contributed by atoms with Gasteiger partial charge in [-0.05, 0) is 13.0 Å². The Balaban J connectivity index is 2.04. The van der Waals surface area contributed by atoms with Gasteiger partial charge in [-0.3, -0.25) is 4.68 Å². The van der Waals surface area contributed by atoms with Crippen molar-refractivity contribution in [3.63, 3.8) is 0 Å². The average molecular weight is 232 g/mol. The first kappa shape index (κ1) is 11.4. The molecule has 90 valence electrons. The molecule has 1 N–H and O–H groups in total. The van der Waals surface area contributed by atoms with Crippen molar-refractivity contribution < 1.29 is 4.74 Å². The van der Waals surface area contributed by atoms with Crippen molar-refractivity contribution in [3.05, 3.63) is 35.8 Å². The Kier molecular flexibility index (Phi) is 3.27. The van der Waals surface area contributed by atoms with Crippen LogP contribution in [0.3, 0.4) is 0 Å². The molecule has 0 atom stereocenters. The van der Waals surface area contributed by atoms with Crippen molar-refractivity contribution in [3.8, 4) is 5.88 Å². The molecule has 0 aliphatic rings. The van der Waals surface area contributed by atoms with Gasteiger partial charge in [0, 0.05) is 43.3 Å². The van der Waals surface area contributed by atoms with Crippen molar-refractivity contribution in [1.82, 2.24) is 14.8 Å². The van der Waals surface area contributed by atoms with Crippen LogP contribution in [0.4, 0.5) is 5.69 Å². The SMILES string of the molecule is COc1cc(NCc2cn(C)nc2C)ccn1. The highest BCUT2D eigenvalue weighted by Crippen LogP contribution is 2.15. The Labute approximate surface area is 100 Å². The topological polar surface area (TPSA) is 52.0 Å². The Hall–Kier alpha value is -2.04. The second kappa shape index (κ2) is 4.86. The largest absolute Gasteiger partial charge is 0.481 e. The summed E-state index contributed by atoms with van der Waals surface area (Å²) in [6.45, 7) is 2.75. The van der Waals surface area contributed by atoms with Crippen LogP contribution in [0, 0.1) is 6.92 Å². The van der Waals surface area contributed by atoms with Crippen molar-refractivity contribution in [2.24, 2.45) is 7.05 Å². The van der Waals surface area contributed by atoms with Gasteiger partial charge >= 0.3 is 0 Å². The van der Waals surface area contributed by atoms with E-state index in [-0.39, 0.29) is 0 Å². The molecule has 0 bridgehead atoms. The fourth-order valence-corrected chi connectivity index (χ4v) is 1.65. The maximum atomic E-state index is 5.07. The highest BCUT2D eigenvalue weighted by Gasteiger charge is 2.03. The van der Waals surface area contributed by atoms with Crippen LogP contribution in [0.1, 0.15) is 11.3 Å². The van der Waals surface area contributed by atoms with Crippen LogP contribution in [0.15, 0.2) is 24.5 Å². The monoisotopic (exact) mass is 232 g/mol. The molecule has 17 heavy (non-hydrogen) atoms. The van der Waals surface area contributed by atoms with Gasteiger partial charge in [0.15, 0.2) is 0 Å². The van der Waals surface area contributed by atoms with Gasteiger partial charge in [-0.1, -0.05) is 0 Å². The van der Waals surface area contributed by atoms with E-state index in [9.17, 15) is 0 Å². The van der Waals surface area contributed by atoms with Crippen LogP contribution in [-0.2, 0) is 13.6 Å². The first-order valence-electron chi connectivity index (χ1n) is 5.42. The third kappa shape index (κ3) is 2.75. The van der Waals surface area contributed by atoms with Crippen LogP contribution in [-0.4, -0.2) is 21.9 Å². The first-order valence-corrected chi connectivity index (χ1v) is 5.42. The van der Waals surface area contributed by atoms with E-state index < -0.39 is 0 Å². The van der Waals surface area contributed by atoms with Gasteiger partial charge in [0.25, 0.3) is 0 Å². The number of aromatic nitrogens is 3. The molecule has 5 heteroatoms. The summed E-state index contributed by atoms with van der Waals surface area (Å²) in [5.74, 6) is 0.609. The Morgan fingerprint density at radius 1 is 1.47 bits per heavy atom. The van der Waals surface area contributed by atoms with Crippen LogP contribution < -0.4 is 10.1 Å². The van der Waals surface area contributed by atoms with E-state index in [1.165, 1.54) is 5.56 Å². The van der Waals surface area contributed by atoms with Gasteiger partial charge in [0.1, 0.15) is 0 Å². The molecule has 0 radical (unpaired) electrons. The fourth-order valence-electron chi connectivity index (χ4n) is 1.65. The number of pyridine rings is 1. The van der Waals surface area contributed by atoms with Gasteiger partial charge in [0.2, 0.25) is 5.88 Å². The van der Waals surface area contributed by atoms with Gasteiger partial charge in [-0.25, -0.2) is 4.98 Å². The first-order chi connectivity index (χ1) is 8.19. The van der Waals surface area contributed by atoms with Gasteiger partial charge in [0.05, 0.1) is 12.8 Å². The van der Waals surface area contributed by atoms with E-state index in [1.54, 1.807) is 13.3 Å². The normalized spacial score (nSPS) is 10.3. The molecule has 0 aliphatic heterocycles. The minimum Gasteiger partial charge on any atom is -0.481 e. The molecule has 2 rings (SSSR count). The smallest absolute Gasteiger partial charge is 0.214 e. The molecule has 5 nitrogen and oxygen atoms in total. The summed E-state index contributed by atoms with van der Waals surface area (Å²) >= 11 is 0. The number of aryl methyl sites for hydroxylation is 2. The summed E-state index contributed by atoms with van der Waals surface area (Å²) in [6, 6.07) is 3.78. The highest BCUT2D eigenvalue weighted by atomic mass is 16.5. The van der Waals surface area contributed by atoms with Crippen molar-refractivity contribution in [2.75, 3.05) is 12.4 Å². The third-order valence-corrected chi connectivity index (χ3v) is 2.54. The summed E-state index contributed by atoms with van der Waals surface area (Å²) in [6.07, 6.45) is 3.73. The number of nitrogens with zero attached hydrogens (tertiary/aromatic N) is 3. The van der Waals surface area contributed by atoms with Gasteiger partial charge < -0.3 is 10.1 Å². The lowest BCUT2D eigenvalue weighted by atomic mass is 10.2. The average Bonchev–Trinajstić information content (AvgIpc) is 2.65. The predicted molar refractivity (Wildman–Crippen MR) is 66.1 cm³/mol. The molecule has 2 heterocycles. The zero-order chi connectivity index (χ0) is 12.3. The minimum atomic E-state index is 0.609. The summed E-state index contributed by atoms with van der Waals surface area (Å²) in [7, 11) is 3.53. The third-order valence-electron chi connectivity index (χ3n) is 2.54. The molecule has 0 fully saturated rings. The van der Waals surface area contributed by atoms with Crippen molar-refractivity contribution in [1.29, 1.82) is 0 Å². The van der Waals surface area contributed by atoms with E-state index in [2.05, 4.69) is 15.4 Å². The predicted octanol–water partition coefficient (Wildman–Crippen LogP) is 1.74. The van der Waals surface area contributed by atoms with E-state index in [0.29, 0.717) is 5.88 Å². The second-order valence-electron chi connectivity index (χ2n) is 3.85. The van der Waals surface area contributed by atoms with E-state index >= 15 is 0 Å². The summed E-state index contributed by atoms with van der Waals surface area (Å²) in [4.78, 5) is 4.06.